The third kappa shape index (κ3) is 4.87. The highest BCUT2D eigenvalue weighted by Crippen LogP contribution is 2.32. The molecular formula is C11H20F3N. The van der Waals surface area contributed by atoms with Crippen molar-refractivity contribution in [1.29, 1.82) is 0 Å². The normalized spacial score (nSPS) is 21.6. The zero-order valence-electron chi connectivity index (χ0n) is 9.24. The van der Waals surface area contributed by atoms with Crippen molar-refractivity contribution in [2.45, 2.75) is 57.7 Å². The molecule has 1 atom stereocenters. The van der Waals surface area contributed by atoms with Gasteiger partial charge in [-0.3, -0.25) is 0 Å². The van der Waals surface area contributed by atoms with Gasteiger partial charge in [0.25, 0.3) is 0 Å². The molecule has 1 aliphatic rings. The molecule has 1 unspecified atom stereocenters. The Morgan fingerprint density at radius 3 is 2.27 bits per heavy atom. The van der Waals surface area contributed by atoms with E-state index in [1.54, 1.807) is 0 Å². The Labute approximate surface area is 89.4 Å². The van der Waals surface area contributed by atoms with E-state index in [1.165, 1.54) is 6.42 Å². The number of rotatable bonds is 4. The van der Waals surface area contributed by atoms with Crippen molar-refractivity contribution in [2.75, 3.05) is 6.54 Å². The average Bonchev–Trinajstić information content (AvgIpc) is 2.17. The van der Waals surface area contributed by atoms with E-state index < -0.39 is 12.6 Å². The highest BCUT2D eigenvalue weighted by Gasteiger charge is 2.35. The molecule has 15 heavy (non-hydrogen) atoms. The fourth-order valence-corrected chi connectivity index (χ4v) is 2.45. The number of hydrogen-bond donors (Lipinski definition) is 1. The molecule has 1 rings (SSSR count). The molecule has 0 aliphatic heterocycles. The van der Waals surface area contributed by atoms with E-state index in [4.69, 9.17) is 0 Å². The van der Waals surface area contributed by atoms with Crippen LogP contribution in [-0.2, 0) is 0 Å². The first kappa shape index (κ1) is 12.8. The first-order valence-electron chi connectivity index (χ1n) is 5.83. The number of alkyl halides is 3. The van der Waals surface area contributed by atoms with Crippen LogP contribution >= 0.6 is 0 Å². The molecule has 1 fully saturated rings. The van der Waals surface area contributed by atoms with Crippen molar-refractivity contribution in [3.8, 4) is 0 Å². The highest BCUT2D eigenvalue weighted by atomic mass is 19.4. The molecule has 0 aromatic carbocycles. The van der Waals surface area contributed by atoms with E-state index in [0.717, 1.165) is 25.7 Å². The third-order valence-corrected chi connectivity index (χ3v) is 3.14. The number of hydrogen-bond acceptors (Lipinski definition) is 1. The van der Waals surface area contributed by atoms with Gasteiger partial charge in [0.2, 0.25) is 0 Å². The summed E-state index contributed by atoms with van der Waals surface area (Å²) in [6, 6.07) is -0.365. The van der Waals surface area contributed by atoms with Gasteiger partial charge in [0.05, 0.1) is 6.42 Å². The van der Waals surface area contributed by atoms with Crippen LogP contribution < -0.4 is 5.32 Å². The first-order chi connectivity index (χ1) is 7.03. The molecule has 0 spiro atoms. The summed E-state index contributed by atoms with van der Waals surface area (Å²) in [6.07, 6.45) is 0.549. The maximum absolute atomic E-state index is 12.3. The summed E-state index contributed by atoms with van der Waals surface area (Å²) in [5.41, 5.74) is 0. The maximum atomic E-state index is 12.3. The molecule has 0 saturated heterocycles. The maximum Gasteiger partial charge on any atom is 0.390 e. The summed E-state index contributed by atoms with van der Waals surface area (Å²) in [6.45, 7) is 2.49. The first-order valence-corrected chi connectivity index (χ1v) is 5.83. The fraction of sp³-hybridized carbons (Fsp3) is 1.00. The van der Waals surface area contributed by atoms with Crippen LogP contribution in [0.3, 0.4) is 0 Å². The van der Waals surface area contributed by atoms with Gasteiger partial charge >= 0.3 is 6.18 Å². The van der Waals surface area contributed by atoms with Crippen molar-refractivity contribution >= 4 is 0 Å². The summed E-state index contributed by atoms with van der Waals surface area (Å²) in [5, 5.41) is 2.99. The van der Waals surface area contributed by atoms with Crippen LogP contribution in [0.4, 0.5) is 13.2 Å². The minimum Gasteiger partial charge on any atom is -0.314 e. The van der Waals surface area contributed by atoms with E-state index in [1.807, 2.05) is 6.92 Å². The summed E-state index contributed by atoms with van der Waals surface area (Å²) >= 11 is 0. The Kier molecular flexibility index (Phi) is 4.90. The molecule has 4 heteroatoms. The van der Waals surface area contributed by atoms with Crippen molar-refractivity contribution in [2.24, 2.45) is 5.92 Å². The van der Waals surface area contributed by atoms with E-state index in [2.05, 4.69) is 5.32 Å². The van der Waals surface area contributed by atoms with Crippen LogP contribution in [-0.4, -0.2) is 18.8 Å². The molecule has 0 radical (unpaired) electrons. The van der Waals surface area contributed by atoms with E-state index in [-0.39, 0.29) is 12.0 Å². The topological polar surface area (TPSA) is 12.0 Å². The lowest BCUT2D eigenvalue weighted by atomic mass is 9.82. The Hall–Kier alpha value is -0.250. The summed E-state index contributed by atoms with van der Waals surface area (Å²) in [7, 11) is 0. The standard InChI is InChI=1S/C11H20F3N/c1-2-15-10(8-11(12,13)14)9-6-4-3-5-7-9/h9-10,15H,2-8H2,1H3. The minimum absolute atomic E-state index is 0.223. The van der Waals surface area contributed by atoms with Crippen molar-refractivity contribution in [1.82, 2.24) is 5.32 Å². The number of halogens is 3. The van der Waals surface area contributed by atoms with Gasteiger partial charge in [0, 0.05) is 6.04 Å². The van der Waals surface area contributed by atoms with Gasteiger partial charge in [-0.2, -0.15) is 13.2 Å². The van der Waals surface area contributed by atoms with Gasteiger partial charge in [0.1, 0.15) is 0 Å². The van der Waals surface area contributed by atoms with E-state index >= 15 is 0 Å². The second-order valence-electron chi connectivity index (χ2n) is 4.38. The fourth-order valence-electron chi connectivity index (χ4n) is 2.45. The Bertz CT molecular complexity index is 173. The van der Waals surface area contributed by atoms with Gasteiger partial charge in [-0.1, -0.05) is 26.2 Å². The van der Waals surface area contributed by atoms with Crippen LogP contribution in [0, 0.1) is 5.92 Å². The SMILES string of the molecule is CCNC(CC(F)(F)F)C1CCCCC1. The molecule has 1 aliphatic carbocycles. The second kappa shape index (κ2) is 5.73. The Morgan fingerprint density at radius 1 is 1.20 bits per heavy atom. The molecule has 0 aromatic heterocycles. The smallest absolute Gasteiger partial charge is 0.314 e. The van der Waals surface area contributed by atoms with Crippen LogP contribution in [0.5, 0.6) is 0 Å². The molecular weight excluding hydrogens is 203 g/mol. The van der Waals surface area contributed by atoms with Crippen LogP contribution in [0.2, 0.25) is 0 Å². The molecule has 90 valence electrons. The van der Waals surface area contributed by atoms with Gasteiger partial charge in [-0.05, 0) is 25.3 Å². The van der Waals surface area contributed by atoms with E-state index in [0.29, 0.717) is 6.54 Å². The van der Waals surface area contributed by atoms with Gasteiger partial charge in [-0.25, -0.2) is 0 Å². The molecule has 1 saturated carbocycles. The van der Waals surface area contributed by atoms with E-state index in [9.17, 15) is 13.2 Å². The van der Waals surface area contributed by atoms with Crippen molar-refractivity contribution < 1.29 is 13.2 Å². The Morgan fingerprint density at radius 2 is 1.80 bits per heavy atom. The highest BCUT2D eigenvalue weighted by molar-refractivity contribution is 4.81. The van der Waals surface area contributed by atoms with Crippen molar-refractivity contribution in [3.05, 3.63) is 0 Å². The van der Waals surface area contributed by atoms with Crippen molar-refractivity contribution in [3.63, 3.8) is 0 Å². The largest absolute Gasteiger partial charge is 0.390 e. The lowest BCUT2D eigenvalue weighted by Crippen LogP contribution is -2.40. The third-order valence-electron chi connectivity index (χ3n) is 3.14. The second-order valence-corrected chi connectivity index (χ2v) is 4.38. The van der Waals surface area contributed by atoms with Crippen LogP contribution in [0.25, 0.3) is 0 Å². The molecule has 1 N–H and O–H groups in total. The predicted octanol–water partition coefficient (Wildman–Crippen LogP) is 3.50. The molecule has 0 bridgehead atoms. The lowest BCUT2D eigenvalue weighted by Gasteiger charge is -2.31. The van der Waals surface area contributed by atoms with Gasteiger partial charge in [0.15, 0.2) is 0 Å². The molecule has 0 heterocycles. The molecule has 0 aromatic rings. The summed E-state index contributed by atoms with van der Waals surface area (Å²) < 4.78 is 37.0. The van der Waals surface area contributed by atoms with Crippen LogP contribution in [0.15, 0.2) is 0 Å². The zero-order valence-corrected chi connectivity index (χ0v) is 9.24. The quantitative estimate of drug-likeness (QED) is 0.769. The Balaban J connectivity index is 2.47. The molecule has 1 nitrogen and oxygen atoms in total. The summed E-state index contributed by atoms with van der Waals surface area (Å²) in [5.74, 6) is 0.223. The van der Waals surface area contributed by atoms with Gasteiger partial charge in [-0.15, -0.1) is 0 Å². The average molecular weight is 223 g/mol. The predicted molar refractivity (Wildman–Crippen MR) is 54.7 cm³/mol. The number of nitrogens with one attached hydrogen (secondary N) is 1. The lowest BCUT2D eigenvalue weighted by molar-refractivity contribution is -0.143. The molecule has 0 amide bonds. The summed E-state index contributed by atoms with van der Waals surface area (Å²) in [4.78, 5) is 0. The minimum atomic E-state index is -4.04. The zero-order chi connectivity index (χ0) is 11.3. The van der Waals surface area contributed by atoms with Gasteiger partial charge < -0.3 is 5.32 Å². The van der Waals surface area contributed by atoms with Crippen LogP contribution in [0.1, 0.15) is 45.4 Å². The monoisotopic (exact) mass is 223 g/mol.